The molecule has 0 aliphatic rings. The molecule has 0 aliphatic carbocycles. The van der Waals surface area contributed by atoms with Crippen LogP contribution in [0.2, 0.25) is 0 Å². The molecule has 0 radical (unpaired) electrons. The maximum Gasteiger partial charge on any atom is 0.519 e. The number of unbranched alkanes of at least 4 members (excludes halogenated alkanes) is 10. The molecule has 0 saturated heterocycles. The molecule has 2 aromatic rings. The van der Waals surface area contributed by atoms with Crippen LogP contribution in [0.15, 0.2) is 19.8 Å². The van der Waals surface area contributed by atoms with Gasteiger partial charge >= 0.3 is 11.8 Å². The van der Waals surface area contributed by atoms with Crippen molar-refractivity contribution in [3.63, 3.8) is 0 Å². The van der Waals surface area contributed by atoms with Crippen LogP contribution in [0.3, 0.4) is 0 Å². The van der Waals surface area contributed by atoms with Crippen LogP contribution in [0, 0.1) is 12.7 Å². The lowest BCUT2D eigenvalue weighted by molar-refractivity contribution is 0.0431. The van der Waals surface area contributed by atoms with E-state index >= 15 is 0 Å². The summed E-state index contributed by atoms with van der Waals surface area (Å²) in [7, 11) is 0. The highest BCUT2D eigenvalue weighted by Crippen LogP contribution is 2.18. The van der Waals surface area contributed by atoms with E-state index in [0.717, 1.165) is 19.3 Å². The van der Waals surface area contributed by atoms with E-state index in [4.69, 9.17) is 13.6 Å². The molecule has 0 bridgehead atoms. The highest BCUT2D eigenvalue weighted by Gasteiger charge is 2.20. The fraction of sp³-hybridized carbons (Fsp3) is 0.652. The predicted molar refractivity (Wildman–Crippen MR) is 112 cm³/mol. The van der Waals surface area contributed by atoms with Gasteiger partial charge in [-0.25, -0.2) is 14.0 Å². The van der Waals surface area contributed by atoms with Crippen molar-refractivity contribution in [3.8, 4) is 0 Å². The van der Waals surface area contributed by atoms with Gasteiger partial charge in [-0.3, -0.25) is 0 Å². The van der Waals surface area contributed by atoms with E-state index in [1.54, 1.807) is 0 Å². The molecule has 2 aromatic heterocycles. The van der Waals surface area contributed by atoms with Crippen LogP contribution < -0.4 is 5.82 Å². The summed E-state index contributed by atoms with van der Waals surface area (Å²) in [4.78, 5) is 25.7. The number of H-pyrrole nitrogens is 1. The lowest BCUT2D eigenvalue weighted by Gasteiger charge is -2.03. The summed E-state index contributed by atoms with van der Waals surface area (Å²) >= 11 is 0. The van der Waals surface area contributed by atoms with Gasteiger partial charge in [-0.15, -0.1) is 0 Å². The van der Waals surface area contributed by atoms with Crippen LogP contribution in [0.25, 0.3) is 0 Å². The number of esters is 1. The average Bonchev–Trinajstić information content (AvgIpc) is 3.25. The summed E-state index contributed by atoms with van der Waals surface area (Å²) in [5, 5.41) is 0. The number of aromatic amines is 1. The number of aromatic nitrogens is 1. The molecular weight excluding hydrogens is 389 g/mol. The fourth-order valence-corrected chi connectivity index (χ4v) is 3.47. The van der Waals surface area contributed by atoms with Gasteiger partial charge in [-0.2, -0.15) is 0 Å². The molecule has 0 aliphatic heterocycles. The number of rotatable bonds is 15. The van der Waals surface area contributed by atoms with E-state index in [9.17, 15) is 14.0 Å². The monoisotopic (exact) mass is 423 g/mol. The number of ether oxygens (including phenoxy) is 1. The first-order chi connectivity index (χ1) is 14.5. The maximum absolute atomic E-state index is 14.5. The van der Waals surface area contributed by atoms with Crippen LogP contribution in [0.5, 0.6) is 0 Å². The third kappa shape index (κ3) is 7.84. The normalized spacial score (nSPS) is 11.2. The zero-order valence-corrected chi connectivity index (χ0v) is 18.2. The Morgan fingerprint density at radius 3 is 2.17 bits per heavy atom. The van der Waals surface area contributed by atoms with E-state index in [1.165, 1.54) is 64.5 Å². The SMILES string of the molecule is CCCCCCCCCCCCCc1c[nH]c(C(=O)OCc2oc(=O)oc2C)c1F. The molecule has 6 nitrogen and oxygen atoms in total. The third-order valence-electron chi connectivity index (χ3n) is 5.32. The molecule has 0 aromatic carbocycles. The van der Waals surface area contributed by atoms with E-state index in [0.29, 0.717) is 12.0 Å². The standard InChI is InChI=1S/C23H34FNO5/c1-3-4-5-6-7-8-9-10-11-12-13-14-18-15-25-21(20(18)24)22(26)28-16-19-17(2)29-23(27)30-19/h15,25H,3-14,16H2,1-2H3. The minimum atomic E-state index is -0.862. The summed E-state index contributed by atoms with van der Waals surface area (Å²) < 4.78 is 28.9. The lowest BCUT2D eigenvalue weighted by Crippen LogP contribution is -2.08. The molecule has 0 spiro atoms. The predicted octanol–water partition coefficient (Wildman–Crippen LogP) is 6.22. The molecule has 168 valence electrons. The van der Waals surface area contributed by atoms with E-state index in [-0.39, 0.29) is 23.8 Å². The van der Waals surface area contributed by atoms with E-state index in [1.807, 2.05) is 0 Å². The van der Waals surface area contributed by atoms with Gasteiger partial charge in [0.2, 0.25) is 0 Å². The molecule has 0 atom stereocenters. The summed E-state index contributed by atoms with van der Waals surface area (Å²) in [5.74, 6) is -1.92. The molecule has 2 heterocycles. The van der Waals surface area contributed by atoms with Gasteiger partial charge in [0.1, 0.15) is 0 Å². The Balaban J connectivity index is 1.62. The highest BCUT2D eigenvalue weighted by atomic mass is 19.1. The number of hydrogen-bond donors (Lipinski definition) is 1. The first kappa shape index (κ1) is 24.0. The van der Waals surface area contributed by atoms with Crippen molar-refractivity contribution in [2.75, 3.05) is 0 Å². The van der Waals surface area contributed by atoms with Crippen molar-refractivity contribution in [3.05, 3.63) is 45.4 Å². The van der Waals surface area contributed by atoms with Crippen LogP contribution in [-0.2, 0) is 17.8 Å². The second-order valence-corrected chi connectivity index (χ2v) is 7.80. The van der Waals surface area contributed by atoms with Gasteiger partial charge in [0, 0.05) is 11.8 Å². The molecule has 0 fully saturated rings. The molecule has 1 N–H and O–H groups in total. The van der Waals surface area contributed by atoms with Crippen molar-refractivity contribution in [1.29, 1.82) is 0 Å². The Kier molecular flexibility index (Phi) is 10.5. The van der Waals surface area contributed by atoms with Gasteiger partial charge in [-0.05, 0) is 19.8 Å². The van der Waals surface area contributed by atoms with E-state index in [2.05, 4.69) is 11.9 Å². The first-order valence-electron chi connectivity index (χ1n) is 11.1. The van der Waals surface area contributed by atoms with Crippen molar-refractivity contribution in [1.82, 2.24) is 4.98 Å². The lowest BCUT2D eigenvalue weighted by atomic mass is 10.0. The smallest absolute Gasteiger partial charge is 0.453 e. The maximum atomic E-state index is 14.5. The van der Waals surface area contributed by atoms with Crippen molar-refractivity contribution in [2.24, 2.45) is 0 Å². The minimum Gasteiger partial charge on any atom is -0.453 e. The second-order valence-electron chi connectivity index (χ2n) is 7.80. The Morgan fingerprint density at radius 1 is 1.00 bits per heavy atom. The quantitative estimate of drug-likeness (QED) is 0.271. The summed E-state index contributed by atoms with van der Waals surface area (Å²) in [6, 6.07) is 0. The molecule has 0 saturated carbocycles. The highest BCUT2D eigenvalue weighted by molar-refractivity contribution is 5.88. The summed E-state index contributed by atoms with van der Waals surface area (Å²) in [6.07, 6.45) is 15.7. The molecular formula is C23H34FNO5. The third-order valence-corrected chi connectivity index (χ3v) is 5.32. The van der Waals surface area contributed by atoms with Crippen LogP contribution in [0.4, 0.5) is 4.39 Å². The minimum absolute atomic E-state index is 0.112. The number of carbonyl (C=O) groups is 1. The fourth-order valence-electron chi connectivity index (χ4n) is 3.47. The Morgan fingerprint density at radius 2 is 1.60 bits per heavy atom. The average molecular weight is 424 g/mol. The molecule has 2 rings (SSSR count). The molecule has 7 heteroatoms. The topological polar surface area (TPSA) is 85.4 Å². The first-order valence-corrected chi connectivity index (χ1v) is 11.1. The van der Waals surface area contributed by atoms with Crippen LogP contribution >= 0.6 is 0 Å². The van der Waals surface area contributed by atoms with Gasteiger partial charge in [0.15, 0.2) is 29.6 Å². The van der Waals surface area contributed by atoms with Gasteiger partial charge < -0.3 is 18.6 Å². The number of carbonyl (C=O) groups excluding carboxylic acids is 1. The van der Waals surface area contributed by atoms with Crippen LogP contribution in [0.1, 0.15) is 105 Å². The van der Waals surface area contributed by atoms with E-state index < -0.39 is 17.6 Å². The van der Waals surface area contributed by atoms with Gasteiger partial charge in [-0.1, -0.05) is 71.1 Å². The van der Waals surface area contributed by atoms with Crippen molar-refractivity contribution in [2.45, 2.75) is 97.5 Å². The zero-order chi connectivity index (χ0) is 21.8. The number of nitrogens with one attached hydrogen (secondary N) is 1. The summed E-state index contributed by atoms with van der Waals surface area (Å²) in [5.41, 5.74) is 0.278. The van der Waals surface area contributed by atoms with Crippen LogP contribution in [-0.4, -0.2) is 11.0 Å². The summed E-state index contributed by atoms with van der Waals surface area (Å²) in [6.45, 7) is 3.47. The van der Waals surface area contributed by atoms with Crippen molar-refractivity contribution < 1.29 is 22.8 Å². The Bertz CT molecular complexity index is 820. The molecule has 30 heavy (non-hydrogen) atoms. The largest absolute Gasteiger partial charge is 0.519 e. The molecule has 0 unspecified atom stereocenters. The zero-order valence-electron chi connectivity index (χ0n) is 18.2. The Hall–Kier alpha value is -2.31. The number of halogens is 1. The van der Waals surface area contributed by atoms with Gasteiger partial charge in [0.05, 0.1) is 0 Å². The Labute approximate surface area is 177 Å². The second kappa shape index (κ2) is 13.1. The van der Waals surface area contributed by atoms with Crippen molar-refractivity contribution >= 4 is 5.97 Å². The number of aryl methyl sites for hydroxylation is 2. The van der Waals surface area contributed by atoms with Gasteiger partial charge in [0.25, 0.3) is 0 Å². The molecule has 0 amide bonds. The number of hydrogen-bond acceptors (Lipinski definition) is 5.